The monoisotopic (exact) mass is 732 g/mol. The third-order valence-corrected chi connectivity index (χ3v) is 7.93. The topological polar surface area (TPSA) is 127 Å². The summed E-state index contributed by atoms with van der Waals surface area (Å²) < 4.78 is 16.5. The van der Waals surface area contributed by atoms with Gasteiger partial charge >= 0.3 is 17.9 Å². The van der Waals surface area contributed by atoms with E-state index in [9.17, 15) is 14.4 Å². The summed E-state index contributed by atoms with van der Waals surface area (Å²) >= 11 is 0. The van der Waals surface area contributed by atoms with E-state index in [4.69, 9.17) is 29.2 Å². The number of anilines is 3. The minimum Gasteiger partial charge on any atom is -0.460 e. The van der Waals surface area contributed by atoms with Crippen molar-refractivity contribution in [1.82, 2.24) is 15.0 Å². The number of carbonyl (C=O) groups is 3. The molecule has 0 spiro atoms. The maximum atomic E-state index is 12.4. The molecular formula is C42H48N6O6. The number of aromatic nitrogens is 3. The average molecular weight is 733 g/mol. The number of esters is 3. The van der Waals surface area contributed by atoms with Crippen molar-refractivity contribution in [3.05, 3.63) is 144 Å². The Hall–Kier alpha value is -6.30. The van der Waals surface area contributed by atoms with Gasteiger partial charge in [-0.1, -0.05) is 111 Å². The second-order valence-corrected chi connectivity index (χ2v) is 12.7. The maximum absolute atomic E-state index is 12.4. The molecule has 0 aliphatic rings. The van der Waals surface area contributed by atoms with Gasteiger partial charge < -0.3 is 28.9 Å². The maximum Gasteiger partial charge on any atom is 0.333 e. The van der Waals surface area contributed by atoms with E-state index in [2.05, 4.69) is 19.7 Å². The summed E-state index contributed by atoms with van der Waals surface area (Å²) in [5, 5.41) is 0. The predicted molar refractivity (Wildman–Crippen MR) is 210 cm³/mol. The zero-order valence-electron chi connectivity index (χ0n) is 31.3. The van der Waals surface area contributed by atoms with Crippen LogP contribution in [0.15, 0.2) is 127 Å². The van der Waals surface area contributed by atoms with Gasteiger partial charge in [-0.2, -0.15) is 15.0 Å². The Bertz CT molecular complexity index is 1660. The van der Waals surface area contributed by atoms with Crippen LogP contribution in [0.1, 0.15) is 37.5 Å². The van der Waals surface area contributed by atoms with Gasteiger partial charge in [0.25, 0.3) is 0 Å². The minimum absolute atomic E-state index is 0.0457. The van der Waals surface area contributed by atoms with E-state index >= 15 is 0 Å². The second-order valence-electron chi connectivity index (χ2n) is 12.7. The molecule has 0 fully saturated rings. The van der Waals surface area contributed by atoms with Crippen molar-refractivity contribution >= 4 is 35.8 Å². The van der Waals surface area contributed by atoms with Gasteiger partial charge in [0.1, 0.15) is 19.8 Å². The third-order valence-electron chi connectivity index (χ3n) is 7.93. The van der Waals surface area contributed by atoms with Crippen LogP contribution in [-0.2, 0) is 48.2 Å². The van der Waals surface area contributed by atoms with E-state index in [0.29, 0.717) is 54.2 Å². The Morgan fingerprint density at radius 1 is 0.463 bits per heavy atom. The van der Waals surface area contributed by atoms with Crippen LogP contribution < -0.4 is 14.7 Å². The highest BCUT2D eigenvalue weighted by molar-refractivity contribution is 5.87. The summed E-state index contributed by atoms with van der Waals surface area (Å²) in [4.78, 5) is 57.8. The van der Waals surface area contributed by atoms with Crippen molar-refractivity contribution < 1.29 is 28.6 Å². The fourth-order valence-electron chi connectivity index (χ4n) is 5.04. The van der Waals surface area contributed by atoms with Gasteiger partial charge in [-0.25, -0.2) is 14.4 Å². The molecule has 0 amide bonds. The molecule has 0 saturated heterocycles. The number of ether oxygens (including phenoxy) is 3. The van der Waals surface area contributed by atoms with Crippen molar-refractivity contribution in [2.24, 2.45) is 0 Å². The van der Waals surface area contributed by atoms with Crippen molar-refractivity contribution in [1.29, 1.82) is 0 Å². The highest BCUT2D eigenvalue weighted by atomic mass is 16.5. The smallest absolute Gasteiger partial charge is 0.333 e. The molecule has 12 heteroatoms. The van der Waals surface area contributed by atoms with Gasteiger partial charge in [-0.15, -0.1) is 0 Å². The second kappa shape index (κ2) is 20.7. The van der Waals surface area contributed by atoms with Crippen molar-refractivity contribution in [3.63, 3.8) is 0 Å². The van der Waals surface area contributed by atoms with Gasteiger partial charge in [-0.3, -0.25) is 0 Å². The molecule has 12 nitrogen and oxygen atoms in total. The third kappa shape index (κ3) is 13.0. The molecule has 3 aromatic carbocycles. The lowest BCUT2D eigenvalue weighted by Crippen LogP contribution is -2.35. The van der Waals surface area contributed by atoms with E-state index in [1.807, 2.05) is 106 Å². The molecule has 0 radical (unpaired) electrons. The van der Waals surface area contributed by atoms with Gasteiger partial charge in [-0.05, 0) is 37.5 Å². The molecule has 0 atom stereocenters. The molecule has 1 heterocycles. The quantitative estimate of drug-likeness (QED) is 0.0546. The normalized spacial score (nSPS) is 10.5. The van der Waals surface area contributed by atoms with Crippen LogP contribution in [0.4, 0.5) is 17.8 Å². The Balaban J connectivity index is 1.83. The van der Waals surface area contributed by atoms with Crippen molar-refractivity contribution in [2.45, 2.75) is 40.4 Å². The van der Waals surface area contributed by atoms with Crippen LogP contribution >= 0.6 is 0 Å². The van der Waals surface area contributed by atoms with E-state index in [1.54, 1.807) is 20.8 Å². The van der Waals surface area contributed by atoms with Gasteiger partial charge in [0.05, 0.1) is 19.6 Å². The first kappa shape index (κ1) is 40.5. The minimum atomic E-state index is -0.497. The summed E-state index contributed by atoms with van der Waals surface area (Å²) in [5.41, 5.74) is 3.82. The predicted octanol–water partition coefficient (Wildman–Crippen LogP) is 6.25. The number of hydrogen-bond acceptors (Lipinski definition) is 12. The van der Waals surface area contributed by atoms with Gasteiger partial charge in [0.15, 0.2) is 0 Å². The molecule has 0 unspecified atom stereocenters. The first-order valence-corrected chi connectivity index (χ1v) is 17.6. The molecule has 0 N–H and O–H groups in total. The first-order valence-electron chi connectivity index (χ1n) is 17.6. The lowest BCUT2D eigenvalue weighted by Gasteiger charge is -2.29. The van der Waals surface area contributed by atoms with Crippen molar-refractivity contribution in [3.8, 4) is 0 Å². The highest BCUT2D eigenvalue weighted by Crippen LogP contribution is 2.24. The van der Waals surface area contributed by atoms with E-state index in [1.165, 1.54) is 0 Å². The molecule has 0 bridgehead atoms. The molecule has 282 valence electrons. The Kier molecular flexibility index (Phi) is 15.5. The summed E-state index contributed by atoms with van der Waals surface area (Å²) in [6.45, 7) is 17.9. The Morgan fingerprint density at radius 3 is 0.926 bits per heavy atom. The summed E-state index contributed by atoms with van der Waals surface area (Å²) in [6.07, 6.45) is 0. The zero-order valence-corrected chi connectivity index (χ0v) is 31.3. The van der Waals surface area contributed by atoms with Gasteiger partial charge in [0, 0.05) is 36.4 Å². The SMILES string of the molecule is C=C(C)C(=O)OCCN(Cc1ccccc1)c1nc(N(CCOC(=O)C(=C)C)Cc2ccccc2)nc(N(CCOC(=O)C(=C)C)Cc2ccccc2)n1. The first-order chi connectivity index (χ1) is 26.0. The summed E-state index contributed by atoms with van der Waals surface area (Å²) in [7, 11) is 0. The number of carbonyl (C=O) groups excluding carboxylic acids is 3. The Morgan fingerprint density at radius 2 is 0.704 bits per heavy atom. The molecule has 4 rings (SSSR count). The largest absolute Gasteiger partial charge is 0.460 e. The lowest BCUT2D eigenvalue weighted by atomic mass is 10.2. The van der Waals surface area contributed by atoms with Crippen molar-refractivity contribution in [2.75, 3.05) is 54.2 Å². The molecule has 4 aromatic rings. The van der Waals surface area contributed by atoms with Gasteiger partial charge in [0.2, 0.25) is 17.8 Å². The van der Waals surface area contributed by atoms with E-state index in [-0.39, 0.29) is 39.5 Å². The fraction of sp³-hybridized carbons (Fsp3) is 0.286. The Labute approximate surface area is 317 Å². The molecule has 54 heavy (non-hydrogen) atoms. The van der Waals surface area contributed by atoms with Crippen LogP contribution in [0.5, 0.6) is 0 Å². The summed E-state index contributed by atoms with van der Waals surface area (Å²) in [5.74, 6) is -0.534. The number of benzene rings is 3. The van der Waals surface area contributed by atoms with E-state index < -0.39 is 17.9 Å². The van der Waals surface area contributed by atoms with E-state index in [0.717, 1.165) is 16.7 Å². The molecule has 0 aliphatic heterocycles. The lowest BCUT2D eigenvalue weighted by molar-refractivity contribution is -0.139. The summed E-state index contributed by atoms with van der Waals surface area (Å²) in [6, 6.07) is 29.4. The van der Waals surface area contributed by atoms with Crippen LogP contribution in [0.2, 0.25) is 0 Å². The number of nitrogens with zero attached hydrogens (tertiary/aromatic N) is 6. The highest BCUT2D eigenvalue weighted by Gasteiger charge is 2.23. The van der Waals surface area contributed by atoms with Crippen LogP contribution in [0.25, 0.3) is 0 Å². The molecule has 0 aliphatic carbocycles. The van der Waals surface area contributed by atoms with Crippen LogP contribution in [-0.4, -0.2) is 72.3 Å². The molecule has 1 aromatic heterocycles. The number of rotatable bonds is 21. The zero-order chi connectivity index (χ0) is 38.9. The standard InChI is InChI=1S/C42H48N6O6/c1-31(2)37(49)52-25-22-46(28-34-16-10-7-11-17-34)40-43-41(47(23-26-53-38(50)32(3)4)29-35-18-12-8-13-19-35)45-42(44-40)48(24-27-54-39(51)33(5)6)30-36-20-14-9-15-21-36/h7-21H,1,3,5,22-30H2,2,4,6H3. The number of hydrogen-bond donors (Lipinski definition) is 0. The van der Waals surface area contributed by atoms with Crippen LogP contribution in [0.3, 0.4) is 0 Å². The fourth-order valence-corrected chi connectivity index (χ4v) is 5.04. The average Bonchev–Trinajstić information content (AvgIpc) is 3.17. The molecular weight excluding hydrogens is 684 g/mol. The van der Waals surface area contributed by atoms with Crippen LogP contribution in [0, 0.1) is 0 Å². The molecule has 0 saturated carbocycles.